The smallest absolute Gasteiger partial charge is 0.0224 e. The minimum absolute atomic E-state index is 1.01. The fraction of sp³-hybridized carbons (Fsp3) is 0.333. The van der Waals surface area contributed by atoms with E-state index in [4.69, 9.17) is 12.2 Å². The zero-order valence-electron chi connectivity index (χ0n) is 7.83. The second kappa shape index (κ2) is 5.87. The quantitative estimate of drug-likeness (QED) is 0.387. The lowest BCUT2D eigenvalue weighted by molar-refractivity contribution is 0.780. The molecule has 1 heteroatoms. The molecule has 69 valence electrons. The van der Waals surface area contributed by atoms with Gasteiger partial charge in [-0.2, -0.15) is 0 Å². The van der Waals surface area contributed by atoms with Crippen molar-refractivity contribution in [1.29, 1.82) is 0 Å². The van der Waals surface area contributed by atoms with E-state index in [1.54, 1.807) is 0 Å². The van der Waals surface area contributed by atoms with Crippen molar-refractivity contribution in [1.82, 2.24) is 0 Å². The predicted octanol–water partition coefficient (Wildman–Crippen LogP) is 3.80. The van der Waals surface area contributed by atoms with E-state index < -0.39 is 0 Å². The van der Waals surface area contributed by atoms with Crippen LogP contribution < -0.4 is 0 Å². The van der Waals surface area contributed by atoms with Crippen molar-refractivity contribution in [2.45, 2.75) is 25.7 Å². The number of hydrogen-bond donors (Lipinski definition) is 0. The van der Waals surface area contributed by atoms with Gasteiger partial charge in [-0.25, -0.2) is 0 Å². The highest BCUT2D eigenvalue weighted by Gasteiger charge is 1.98. The molecule has 0 aliphatic carbocycles. The Morgan fingerprint density at radius 1 is 1.15 bits per heavy atom. The Hall–Kier alpha value is -0.690. The van der Waals surface area contributed by atoms with Crippen LogP contribution in [0.25, 0.3) is 0 Å². The minimum atomic E-state index is 1.01. The Morgan fingerprint density at radius 3 is 2.46 bits per heavy atom. The number of hydrogen-bond acceptors (Lipinski definition) is 1. The molecule has 1 rings (SSSR count). The fourth-order valence-corrected chi connectivity index (χ4v) is 1.51. The standard InChI is InChI=1S/C12H15S/c1-2-3-5-10-12(13)11-8-6-4-7-9-11/h4,6-9H,1-3,5,10H2. The van der Waals surface area contributed by atoms with Crippen LogP contribution >= 0.6 is 12.2 Å². The van der Waals surface area contributed by atoms with Crippen LogP contribution in [0.5, 0.6) is 0 Å². The van der Waals surface area contributed by atoms with E-state index in [2.05, 4.69) is 19.1 Å². The topological polar surface area (TPSA) is 0 Å². The van der Waals surface area contributed by atoms with E-state index in [-0.39, 0.29) is 0 Å². The molecular formula is C12H15S. The summed E-state index contributed by atoms with van der Waals surface area (Å²) in [5.41, 5.74) is 1.20. The van der Waals surface area contributed by atoms with Crippen LogP contribution in [-0.4, -0.2) is 4.86 Å². The van der Waals surface area contributed by atoms with E-state index in [1.165, 1.54) is 12.0 Å². The maximum Gasteiger partial charge on any atom is 0.0224 e. The summed E-state index contributed by atoms with van der Waals surface area (Å²) in [6, 6.07) is 10.2. The summed E-state index contributed by atoms with van der Waals surface area (Å²) < 4.78 is 0. The SMILES string of the molecule is [CH2]CCCCC(=S)c1ccccc1. The average Bonchev–Trinajstić information content (AvgIpc) is 2.19. The molecular weight excluding hydrogens is 176 g/mol. The molecule has 1 aromatic rings. The zero-order chi connectivity index (χ0) is 9.52. The van der Waals surface area contributed by atoms with Gasteiger partial charge in [0.05, 0.1) is 0 Å². The molecule has 13 heavy (non-hydrogen) atoms. The molecule has 0 unspecified atom stereocenters. The highest BCUT2D eigenvalue weighted by Crippen LogP contribution is 2.08. The second-order valence-electron chi connectivity index (χ2n) is 3.10. The summed E-state index contributed by atoms with van der Waals surface area (Å²) in [6.45, 7) is 3.81. The molecule has 0 bridgehead atoms. The van der Waals surface area contributed by atoms with Crippen molar-refractivity contribution in [2.24, 2.45) is 0 Å². The third-order valence-corrected chi connectivity index (χ3v) is 2.44. The van der Waals surface area contributed by atoms with Crippen LogP contribution in [0.4, 0.5) is 0 Å². The summed E-state index contributed by atoms with van der Waals surface area (Å²) in [7, 11) is 0. The maximum absolute atomic E-state index is 5.31. The Bertz CT molecular complexity index is 251. The third-order valence-electron chi connectivity index (χ3n) is 2.00. The number of thiocarbonyl (C=S) groups is 1. The minimum Gasteiger partial charge on any atom is -0.0843 e. The van der Waals surface area contributed by atoms with Crippen molar-refractivity contribution in [3.63, 3.8) is 0 Å². The first-order chi connectivity index (χ1) is 6.34. The Morgan fingerprint density at radius 2 is 1.85 bits per heavy atom. The summed E-state index contributed by atoms with van der Waals surface area (Å²) in [4.78, 5) is 1.08. The van der Waals surface area contributed by atoms with Crippen LogP contribution in [0.1, 0.15) is 31.2 Å². The van der Waals surface area contributed by atoms with Crippen LogP contribution in [0, 0.1) is 6.92 Å². The first-order valence-electron chi connectivity index (χ1n) is 4.72. The summed E-state index contributed by atoms with van der Waals surface area (Å²) in [5, 5.41) is 0. The van der Waals surface area contributed by atoms with Gasteiger partial charge < -0.3 is 0 Å². The molecule has 1 radical (unpaired) electrons. The molecule has 0 atom stereocenters. The van der Waals surface area contributed by atoms with E-state index >= 15 is 0 Å². The lowest BCUT2D eigenvalue weighted by atomic mass is 10.1. The number of unbranched alkanes of at least 4 members (excludes halogenated alkanes) is 2. The normalized spacial score (nSPS) is 9.92. The lowest BCUT2D eigenvalue weighted by Gasteiger charge is -2.02. The van der Waals surface area contributed by atoms with E-state index in [9.17, 15) is 0 Å². The Kier molecular flexibility index (Phi) is 4.69. The molecule has 0 saturated heterocycles. The van der Waals surface area contributed by atoms with Gasteiger partial charge in [0.15, 0.2) is 0 Å². The van der Waals surface area contributed by atoms with Crippen LogP contribution in [0.2, 0.25) is 0 Å². The van der Waals surface area contributed by atoms with Crippen LogP contribution in [0.3, 0.4) is 0 Å². The van der Waals surface area contributed by atoms with Gasteiger partial charge in [-0.3, -0.25) is 0 Å². The summed E-state index contributed by atoms with van der Waals surface area (Å²) in [5.74, 6) is 0. The first-order valence-corrected chi connectivity index (χ1v) is 5.13. The fourth-order valence-electron chi connectivity index (χ4n) is 1.23. The van der Waals surface area contributed by atoms with Gasteiger partial charge in [0.2, 0.25) is 0 Å². The molecule has 0 spiro atoms. The third kappa shape index (κ3) is 3.69. The van der Waals surface area contributed by atoms with Gasteiger partial charge in [-0.1, -0.05) is 62.3 Å². The van der Waals surface area contributed by atoms with Crippen molar-refractivity contribution >= 4 is 17.1 Å². The van der Waals surface area contributed by atoms with Gasteiger partial charge in [0, 0.05) is 4.86 Å². The lowest BCUT2D eigenvalue weighted by Crippen LogP contribution is -1.96. The molecule has 0 amide bonds. The average molecular weight is 191 g/mol. The largest absolute Gasteiger partial charge is 0.0843 e. The Labute approximate surface area is 86.0 Å². The maximum atomic E-state index is 5.31. The van der Waals surface area contributed by atoms with Crippen molar-refractivity contribution in [3.8, 4) is 0 Å². The second-order valence-corrected chi connectivity index (χ2v) is 3.59. The van der Waals surface area contributed by atoms with Crippen molar-refractivity contribution < 1.29 is 0 Å². The zero-order valence-corrected chi connectivity index (χ0v) is 8.65. The van der Waals surface area contributed by atoms with E-state index in [0.29, 0.717) is 0 Å². The van der Waals surface area contributed by atoms with Gasteiger partial charge in [-0.15, -0.1) is 0 Å². The monoisotopic (exact) mass is 191 g/mol. The van der Waals surface area contributed by atoms with Gasteiger partial charge >= 0.3 is 0 Å². The molecule has 1 aromatic carbocycles. The van der Waals surface area contributed by atoms with Gasteiger partial charge in [0.1, 0.15) is 0 Å². The molecule has 0 N–H and O–H groups in total. The number of benzene rings is 1. The van der Waals surface area contributed by atoms with Gasteiger partial charge in [-0.05, 0) is 18.4 Å². The predicted molar refractivity (Wildman–Crippen MR) is 62.0 cm³/mol. The molecule has 0 aliphatic rings. The molecule has 0 aliphatic heterocycles. The highest BCUT2D eigenvalue weighted by atomic mass is 32.1. The molecule has 0 fully saturated rings. The van der Waals surface area contributed by atoms with Crippen molar-refractivity contribution in [2.75, 3.05) is 0 Å². The summed E-state index contributed by atoms with van der Waals surface area (Å²) >= 11 is 5.31. The molecule has 0 aromatic heterocycles. The molecule has 0 saturated carbocycles. The van der Waals surface area contributed by atoms with E-state index in [1.807, 2.05) is 18.2 Å². The first kappa shape index (κ1) is 10.4. The highest BCUT2D eigenvalue weighted by molar-refractivity contribution is 7.80. The molecule has 0 nitrogen and oxygen atoms in total. The summed E-state index contributed by atoms with van der Waals surface area (Å²) in [6.07, 6.45) is 4.37. The number of rotatable bonds is 5. The Balaban J connectivity index is 2.40. The van der Waals surface area contributed by atoms with E-state index in [0.717, 1.165) is 24.1 Å². The van der Waals surface area contributed by atoms with Gasteiger partial charge in [0.25, 0.3) is 0 Å². The van der Waals surface area contributed by atoms with Crippen LogP contribution in [0.15, 0.2) is 30.3 Å². The molecule has 0 heterocycles. The van der Waals surface area contributed by atoms with Crippen molar-refractivity contribution in [3.05, 3.63) is 42.8 Å². The van der Waals surface area contributed by atoms with Crippen LogP contribution in [-0.2, 0) is 0 Å².